The largest absolute Gasteiger partial charge is 0.361 e. The van der Waals surface area contributed by atoms with Crippen LogP contribution in [0.25, 0.3) is 10.9 Å². The van der Waals surface area contributed by atoms with Crippen molar-refractivity contribution in [2.45, 2.75) is 13.5 Å². The van der Waals surface area contributed by atoms with Crippen molar-refractivity contribution in [3.63, 3.8) is 0 Å². The molecule has 0 atom stereocenters. The van der Waals surface area contributed by atoms with Crippen LogP contribution in [0.4, 0.5) is 0 Å². The molecule has 2 aromatic heterocycles. The first-order valence-corrected chi connectivity index (χ1v) is 6.48. The van der Waals surface area contributed by atoms with Crippen LogP contribution < -0.4 is 5.32 Å². The Kier molecular flexibility index (Phi) is 3.02. The van der Waals surface area contributed by atoms with E-state index in [-0.39, 0.29) is 5.91 Å². The first-order chi connectivity index (χ1) is 9.65. The highest BCUT2D eigenvalue weighted by Gasteiger charge is 2.09. The molecule has 0 aliphatic rings. The van der Waals surface area contributed by atoms with Gasteiger partial charge in [-0.2, -0.15) is 5.10 Å². The van der Waals surface area contributed by atoms with Crippen molar-refractivity contribution in [2.24, 2.45) is 7.05 Å². The summed E-state index contributed by atoms with van der Waals surface area (Å²) in [5.41, 5.74) is 3.71. The summed E-state index contributed by atoms with van der Waals surface area (Å²) >= 11 is 0. The van der Waals surface area contributed by atoms with Crippen LogP contribution in [0.15, 0.2) is 36.7 Å². The lowest BCUT2D eigenvalue weighted by Crippen LogP contribution is -2.23. The molecule has 0 saturated heterocycles. The van der Waals surface area contributed by atoms with E-state index < -0.39 is 0 Å². The van der Waals surface area contributed by atoms with Crippen LogP contribution in [-0.4, -0.2) is 20.7 Å². The standard InChI is InChI=1S/C15H16N4O/c1-10-13(9-18-19(10)2)8-17-15(20)12-4-3-11-5-6-16-14(11)7-12/h3-7,9,16H,8H2,1-2H3,(H,17,20). The minimum Gasteiger partial charge on any atom is -0.361 e. The quantitative estimate of drug-likeness (QED) is 0.764. The fourth-order valence-corrected chi connectivity index (χ4v) is 2.18. The highest BCUT2D eigenvalue weighted by molar-refractivity contribution is 5.97. The van der Waals surface area contributed by atoms with Crippen molar-refractivity contribution in [3.8, 4) is 0 Å². The van der Waals surface area contributed by atoms with Crippen LogP contribution in [0.3, 0.4) is 0 Å². The predicted octanol–water partition coefficient (Wildman–Crippen LogP) is 2.14. The monoisotopic (exact) mass is 268 g/mol. The Hall–Kier alpha value is -2.56. The number of fused-ring (bicyclic) bond motifs is 1. The zero-order chi connectivity index (χ0) is 14.1. The molecule has 1 amide bonds. The molecule has 0 radical (unpaired) electrons. The Bertz CT molecular complexity index is 769. The first kappa shape index (κ1) is 12.5. The second-order valence-corrected chi connectivity index (χ2v) is 4.84. The lowest BCUT2D eigenvalue weighted by molar-refractivity contribution is 0.0951. The van der Waals surface area contributed by atoms with E-state index in [0.717, 1.165) is 22.2 Å². The molecule has 3 rings (SSSR count). The van der Waals surface area contributed by atoms with E-state index in [9.17, 15) is 4.79 Å². The van der Waals surface area contributed by atoms with Gasteiger partial charge in [-0.15, -0.1) is 0 Å². The summed E-state index contributed by atoms with van der Waals surface area (Å²) in [6.07, 6.45) is 3.65. The number of nitrogens with one attached hydrogen (secondary N) is 2. The van der Waals surface area contributed by atoms with Crippen LogP contribution in [0, 0.1) is 6.92 Å². The number of H-pyrrole nitrogens is 1. The molecular weight excluding hydrogens is 252 g/mol. The van der Waals surface area contributed by atoms with Gasteiger partial charge in [-0.25, -0.2) is 0 Å². The average Bonchev–Trinajstić information content (AvgIpc) is 3.04. The molecule has 0 unspecified atom stereocenters. The van der Waals surface area contributed by atoms with Crippen molar-refractivity contribution in [1.29, 1.82) is 0 Å². The van der Waals surface area contributed by atoms with E-state index in [1.54, 1.807) is 10.9 Å². The summed E-state index contributed by atoms with van der Waals surface area (Å²) in [4.78, 5) is 15.3. The van der Waals surface area contributed by atoms with Crippen LogP contribution in [0.1, 0.15) is 21.6 Å². The Morgan fingerprint density at radius 2 is 2.25 bits per heavy atom. The second-order valence-electron chi connectivity index (χ2n) is 4.84. The number of amides is 1. The number of carbonyl (C=O) groups is 1. The number of hydrogen-bond donors (Lipinski definition) is 2. The van der Waals surface area contributed by atoms with E-state index in [0.29, 0.717) is 12.1 Å². The predicted molar refractivity (Wildman–Crippen MR) is 77.4 cm³/mol. The molecule has 5 nitrogen and oxygen atoms in total. The van der Waals surface area contributed by atoms with Gasteiger partial charge in [-0.1, -0.05) is 6.07 Å². The Balaban J connectivity index is 1.74. The Morgan fingerprint density at radius 1 is 1.40 bits per heavy atom. The number of aryl methyl sites for hydroxylation is 1. The molecular formula is C15H16N4O. The number of aromatic nitrogens is 3. The molecule has 3 aromatic rings. The second kappa shape index (κ2) is 4.85. The number of carbonyl (C=O) groups excluding carboxylic acids is 1. The summed E-state index contributed by atoms with van der Waals surface area (Å²) < 4.78 is 1.80. The SMILES string of the molecule is Cc1c(CNC(=O)c2ccc3cc[nH]c3c2)cnn1C. The molecule has 0 bridgehead atoms. The summed E-state index contributed by atoms with van der Waals surface area (Å²) in [5.74, 6) is -0.0789. The summed E-state index contributed by atoms with van der Waals surface area (Å²) in [6, 6.07) is 7.62. The number of nitrogens with zero attached hydrogens (tertiary/aromatic N) is 2. The molecule has 0 spiro atoms. The lowest BCUT2D eigenvalue weighted by Gasteiger charge is -2.05. The molecule has 5 heteroatoms. The lowest BCUT2D eigenvalue weighted by atomic mass is 10.1. The summed E-state index contributed by atoms with van der Waals surface area (Å²) in [5, 5.41) is 8.18. The van der Waals surface area contributed by atoms with Gasteiger partial charge in [-0.05, 0) is 30.5 Å². The molecule has 0 aliphatic carbocycles. The van der Waals surface area contributed by atoms with E-state index in [1.165, 1.54) is 0 Å². The first-order valence-electron chi connectivity index (χ1n) is 6.48. The topological polar surface area (TPSA) is 62.7 Å². The third-order valence-electron chi connectivity index (χ3n) is 3.59. The molecule has 102 valence electrons. The number of aromatic amines is 1. The van der Waals surface area contributed by atoms with Crippen LogP contribution in [0.5, 0.6) is 0 Å². The van der Waals surface area contributed by atoms with E-state index >= 15 is 0 Å². The molecule has 0 aliphatic heterocycles. The van der Waals surface area contributed by atoms with Gasteiger partial charge in [0.2, 0.25) is 0 Å². The minimum absolute atomic E-state index is 0.0789. The highest BCUT2D eigenvalue weighted by atomic mass is 16.1. The number of hydrogen-bond acceptors (Lipinski definition) is 2. The van der Waals surface area contributed by atoms with Gasteiger partial charge < -0.3 is 10.3 Å². The average molecular weight is 268 g/mol. The maximum atomic E-state index is 12.1. The van der Waals surface area contributed by atoms with E-state index in [1.807, 2.05) is 44.4 Å². The van der Waals surface area contributed by atoms with E-state index in [2.05, 4.69) is 15.4 Å². The fourth-order valence-electron chi connectivity index (χ4n) is 2.18. The van der Waals surface area contributed by atoms with Crippen molar-refractivity contribution >= 4 is 16.8 Å². The van der Waals surface area contributed by atoms with Crippen LogP contribution >= 0.6 is 0 Å². The normalized spacial score (nSPS) is 10.9. The third-order valence-corrected chi connectivity index (χ3v) is 3.59. The van der Waals surface area contributed by atoms with E-state index in [4.69, 9.17) is 0 Å². The fraction of sp³-hybridized carbons (Fsp3) is 0.200. The van der Waals surface area contributed by atoms with Gasteiger partial charge in [0.05, 0.1) is 6.20 Å². The molecule has 0 saturated carbocycles. The van der Waals surface area contributed by atoms with Gasteiger partial charge in [0, 0.05) is 42.1 Å². The zero-order valence-corrected chi connectivity index (χ0v) is 11.5. The molecule has 0 fully saturated rings. The van der Waals surface area contributed by atoms with Gasteiger partial charge in [0.1, 0.15) is 0 Å². The van der Waals surface area contributed by atoms with Crippen LogP contribution in [-0.2, 0) is 13.6 Å². The maximum Gasteiger partial charge on any atom is 0.251 e. The third kappa shape index (κ3) is 2.18. The van der Waals surface area contributed by atoms with Gasteiger partial charge in [0.15, 0.2) is 0 Å². The van der Waals surface area contributed by atoms with Gasteiger partial charge >= 0.3 is 0 Å². The maximum absolute atomic E-state index is 12.1. The smallest absolute Gasteiger partial charge is 0.251 e. The van der Waals surface area contributed by atoms with Gasteiger partial charge in [-0.3, -0.25) is 9.48 Å². The minimum atomic E-state index is -0.0789. The van der Waals surface area contributed by atoms with Crippen LogP contribution in [0.2, 0.25) is 0 Å². The molecule has 2 heterocycles. The van der Waals surface area contributed by atoms with Gasteiger partial charge in [0.25, 0.3) is 5.91 Å². The Labute approximate surface area is 116 Å². The molecule has 2 N–H and O–H groups in total. The number of benzene rings is 1. The zero-order valence-electron chi connectivity index (χ0n) is 11.5. The van der Waals surface area contributed by atoms with Crippen molar-refractivity contribution in [2.75, 3.05) is 0 Å². The van der Waals surface area contributed by atoms with Crippen molar-refractivity contribution in [1.82, 2.24) is 20.1 Å². The number of rotatable bonds is 3. The highest BCUT2D eigenvalue weighted by Crippen LogP contribution is 2.14. The summed E-state index contributed by atoms with van der Waals surface area (Å²) in [6.45, 7) is 2.47. The molecule has 20 heavy (non-hydrogen) atoms. The van der Waals surface area contributed by atoms with Crippen molar-refractivity contribution in [3.05, 3.63) is 53.5 Å². The Morgan fingerprint density at radius 3 is 3.00 bits per heavy atom. The van der Waals surface area contributed by atoms with Crippen molar-refractivity contribution < 1.29 is 4.79 Å². The summed E-state index contributed by atoms with van der Waals surface area (Å²) in [7, 11) is 1.89. The molecule has 1 aromatic carbocycles.